The molecule has 0 unspecified atom stereocenters. The van der Waals surface area contributed by atoms with Crippen LogP contribution < -0.4 is 5.73 Å². The van der Waals surface area contributed by atoms with E-state index in [1.54, 1.807) is 30.3 Å². The summed E-state index contributed by atoms with van der Waals surface area (Å²) in [5.41, 5.74) is 4.04. The van der Waals surface area contributed by atoms with E-state index in [2.05, 4.69) is 0 Å². The van der Waals surface area contributed by atoms with Gasteiger partial charge in [-0.1, -0.05) is 24.6 Å². The van der Waals surface area contributed by atoms with Crippen LogP contribution in [0.5, 0.6) is 0 Å². The molecule has 27 heavy (non-hydrogen) atoms. The van der Waals surface area contributed by atoms with E-state index in [1.807, 2.05) is 0 Å². The maximum absolute atomic E-state index is 12.5. The van der Waals surface area contributed by atoms with Gasteiger partial charge in [0.1, 0.15) is 17.8 Å². The Morgan fingerprint density at radius 2 is 1.78 bits per heavy atom. The van der Waals surface area contributed by atoms with Gasteiger partial charge < -0.3 is 25.1 Å². The molecule has 1 saturated heterocycles. The fraction of sp³-hybridized carbons (Fsp3) is 0.600. The zero-order valence-electron chi connectivity index (χ0n) is 15.1. The zero-order chi connectivity index (χ0) is 19.1. The molecule has 1 aromatic carbocycles. The van der Waals surface area contributed by atoms with Gasteiger partial charge in [-0.05, 0) is 25.0 Å². The summed E-state index contributed by atoms with van der Waals surface area (Å²) < 4.78 is 18.1. The Bertz CT molecular complexity index is 716. The smallest absolute Gasteiger partial charge is 0.338 e. The van der Waals surface area contributed by atoms with Gasteiger partial charge in [0.25, 0.3) is 0 Å². The Labute approximate surface area is 157 Å². The number of esters is 1. The van der Waals surface area contributed by atoms with Gasteiger partial charge in [-0.25, -0.2) is 4.79 Å². The first kappa shape index (κ1) is 18.4. The van der Waals surface area contributed by atoms with E-state index in [-0.39, 0.29) is 12.8 Å². The summed E-state index contributed by atoms with van der Waals surface area (Å²) in [6.45, 7) is 0. The van der Waals surface area contributed by atoms with Crippen molar-refractivity contribution >= 4 is 11.9 Å². The van der Waals surface area contributed by atoms with Gasteiger partial charge in [-0.15, -0.1) is 0 Å². The van der Waals surface area contributed by atoms with E-state index in [0.717, 1.165) is 32.1 Å². The molecule has 2 saturated carbocycles. The van der Waals surface area contributed by atoms with Gasteiger partial charge in [0.2, 0.25) is 5.91 Å². The van der Waals surface area contributed by atoms with Crippen LogP contribution in [-0.2, 0) is 19.0 Å². The standard InChI is InChI=1S/C20H25NO6/c21-18(23)19(24)11-14(25-17(22)13-7-3-1-4-8-13)16-15(12-19)26-20(27-16)9-5-2-6-10-20/h1,3-4,7-8,14-16,24H,2,5-6,9-12H2,(H2,21,23)/t14-,15-,16+,19-/m1/s1. The Balaban J connectivity index is 1.58. The average molecular weight is 375 g/mol. The summed E-state index contributed by atoms with van der Waals surface area (Å²) in [6, 6.07) is 8.59. The van der Waals surface area contributed by atoms with Crippen molar-refractivity contribution in [3.8, 4) is 0 Å². The minimum atomic E-state index is -1.79. The van der Waals surface area contributed by atoms with E-state index >= 15 is 0 Å². The normalized spacial score (nSPS) is 34.8. The van der Waals surface area contributed by atoms with Gasteiger partial charge >= 0.3 is 5.97 Å². The molecule has 1 aliphatic heterocycles. The van der Waals surface area contributed by atoms with Crippen LogP contribution in [0.25, 0.3) is 0 Å². The first-order valence-corrected chi connectivity index (χ1v) is 9.55. The predicted octanol–water partition coefficient (Wildman–Crippen LogP) is 1.67. The average Bonchev–Trinajstić information content (AvgIpc) is 3.00. The Hall–Kier alpha value is -1.96. The number of benzene rings is 1. The fourth-order valence-corrected chi connectivity index (χ4v) is 4.45. The molecule has 4 rings (SSSR count). The summed E-state index contributed by atoms with van der Waals surface area (Å²) in [7, 11) is 0. The molecule has 0 radical (unpaired) electrons. The van der Waals surface area contributed by atoms with Crippen LogP contribution in [0, 0.1) is 0 Å². The second-order valence-electron chi connectivity index (χ2n) is 7.82. The lowest BCUT2D eigenvalue weighted by Crippen LogP contribution is -2.58. The number of carbonyl (C=O) groups is 2. The molecule has 1 spiro atoms. The third-order valence-corrected chi connectivity index (χ3v) is 5.87. The number of nitrogens with two attached hydrogens (primary N) is 1. The molecular formula is C20H25NO6. The maximum Gasteiger partial charge on any atom is 0.338 e. The van der Waals surface area contributed by atoms with Crippen molar-refractivity contribution in [1.82, 2.24) is 0 Å². The molecule has 3 fully saturated rings. The quantitative estimate of drug-likeness (QED) is 0.778. The highest BCUT2D eigenvalue weighted by atomic mass is 16.8. The first-order chi connectivity index (χ1) is 12.9. The Morgan fingerprint density at radius 3 is 2.44 bits per heavy atom. The van der Waals surface area contributed by atoms with Crippen molar-refractivity contribution in [1.29, 1.82) is 0 Å². The summed E-state index contributed by atoms with van der Waals surface area (Å²) in [4.78, 5) is 24.4. The van der Waals surface area contributed by atoms with Gasteiger partial charge in [0.15, 0.2) is 5.79 Å². The van der Waals surface area contributed by atoms with E-state index in [1.165, 1.54) is 0 Å². The maximum atomic E-state index is 12.5. The third-order valence-electron chi connectivity index (χ3n) is 5.87. The molecule has 0 bridgehead atoms. The largest absolute Gasteiger partial charge is 0.456 e. The number of hydrogen-bond donors (Lipinski definition) is 2. The number of ether oxygens (including phenoxy) is 3. The summed E-state index contributed by atoms with van der Waals surface area (Å²) in [5.74, 6) is -2.08. The fourth-order valence-electron chi connectivity index (χ4n) is 4.45. The molecule has 7 nitrogen and oxygen atoms in total. The second kappa shape index (κ2) is 6.89. The lowest BCUT2D eigenvalue weighted by atomic mass is 9.79. The van der Waals surface area contributed by atoms with E-state index in [9.17, 15) is 14.7 Å². The molecule has 4 atom stereocenters. The molecule has 1 amide bonds. The topological polar surface area (TPSA) is 108 Å². The number of amides is 1. The third kappa shape index (κ3) is 3.47. The van der Waals surface area contributed by atoms with Crippen LogP contribution >= 0.6 is 0 Å². The highest BCUT2D eigenvalue weighted by Crippen LogP contribution is 2.47. The SMILES string of the molecule is NC(=O)[C@@]1(O)C[C@@H](OC(=O)c2ccccc2)[C@@H]2OC3(CCCCC3)O[C@@H]2C1. The number of primary amides is 1. The molecule has 3 N–H and O–H groups in total. The van der Waals surface area contributed by atoms with Crippen molar-refractivity contribution in [2.45, 2.75) is 74.6 Å². The van der Waals surface area contributed by atoms with Gasteiger partial charge in [0, 0.05) is 25.7 Å². The summed E-state index contributed by atoms with van der Waals surface area (Å²) in [5, 5.41) is 10.7. The number of carbonyl (C=O) groups excluding carboxylic acids is 2. The van der Waals surface area contributed by atoms with E-state index in [4.69, 9.17) is 19.9 Å². The summed E-state index contributed by atoms with van der Waals surface area (Å²) >= 11 is 0. The Kier molecular flexibility index (Phi) is 4.70. The number of rotatable bonds is 3. The van der Waals surface area contributed by atoms with Crippen LogP contribution in [0.4, 0.5) is 0 Å². The first-order valence-electron chi connectivity index (χ1n) is 9.55. The minimum Gasteiger partial charge on any atom is -0.456 e. The number of fused-ring (bicyclic) bond motifs is 1. The minimum absolute atomic E-state index is 0.0497. The lowest BCUT2D eigenvalue weighted by molar-refractivity contribution is -0.198. The second-order valence-corrected chi connectivity index (χ2v) is 7.82. The van der Waals surface area contributed by atoms with Crippen LogP contribution in [0.15, 0.2) is 30.3 Å². The van der Waals surface area contributed by atoms with Crippen LogP contribution in [0.1, 0.15) is 55.3 Å². The predicted molar refractivity (Wildman–Crippen MR) is 94.6 cm³/mol. The monoisotopic (exact) mass is 375 g/mol. The molecule has 0 aromatic heterocycles. The lowest BCUT2D eigenvalue weighted by Gasteiger charge is -2.39. The zero-order valence-corrected chi connectivity index (χ0v) is 15.1. The molecule has 146 valence electrons. The highest BCUT2D eigenvalue weighted by Gasteiger charge is 2.59. The van der Waals surface area contributed by atoms with Crippen molar-refractivity contribution < 1.29 is 28.9 Å². The molecule has 1 aromatic rings. The van der Waals surface area contributed by atoms with E-state index < -0.39 is 41.6 Å². The molecule has 3 aliphatic rings. The van der Waals surface area contributed by atoms with Crippen molar-refractivity contribution in [3.05, 3.63) is 35.9 Å². The summed E-state index contributed by atoms with van der Waals surface area (Å²) in [6.07, 6.45) is 2.72. The van der Waals surface area contributed by atoms with E-state index in [0.29, 0.717) is 5.56 Å². The van der Waals surface area contributed by atoms with Gasteiger partial charge in [0.05, 0.1) is 11.7 Å². The Morgan fingerprint density at radius 1 is 1.07 bits per heavy atom. The van der Waals surface area contributed by atoms with Crippen LogP contribution in [0.3, 0.4) is 0 Å². The molecule has 1 heterocycles. The van der Waals surface area contributed by atoms with Crippen LogP contribution in [0.2, 0.25) is 0 Å². The molecule has 2 aliphatic carbocycles. The highest BCUT2D eigenvalue weighted by molar-refractivity contribution is 5.89. The number of aliphatic hydroxyl groups is 1. The molecular weight excluding hydrogens is 350 g/mol. The van der Waals surface area contributed by atoms with Crippen LogP contribution in [-0.4, -0.2) is 46.7 Å². The molecule has 7 heteroatoms. The van der Waals surface area contributed by atoms with Crippen molar-refractivity contribution in [3.63, 3.8) is 0 Å². The van der Waals surface area contributed by atoms with Crippen molar-refractivity contribution in [2.75, 3.05) is 0 Å². The van der Waals surface area contributed by atoms with Gasteiger partial charge in [-0.2, -0.15) is 0 Å². The number of hydrogen-bond acceptors (Lipinski definition) is 6. The van der Waals surface area contributed by atoms with Gasteiger partial charge in [-0.3, -0.25) is 4.79 Å². The van der Waals surface area contributed by atoms with Crippen molar-refractivity contribution in [2.24, 2.45) is 5.73 Å².